The van der Waals surface area contributed by atoms with Gasteiger partial charge in [-0.25, -0.2) is 13.8 Å². The van der Waals surface area contributed by atoms with Crippen LogP contribution in [-0.2, 0) is 6.18 Å². The summed E-state index contributed by atoms with van der Waals surface area (Å²) in [6.07, 6.45) is -7.43. The molecule has 0 bridgehead atoms. The predicted octanol–water partition coefficient (Wildman–Crippen LogP) is 3.70. The Balaban J connectivity index is 3.41. The molecule has 0 aliphatic rings. The van der Waals surface area contributed by atoms with Crippen molar-refractivity contribution in [3.63, 3.8) is 0 Å². The van der Waals surface area contributed by atoms with Gasteiger partial charge in [0.1, 0.15) is 10.8 Å². The Morgan fingerprint density at radius 2 is 1.94 bits per heavy atom. The van der Waals surface area contributed by atoms with E-state index in [-0.39, 0.29) is 0 Å². The number of halogens is 6. The molecule has 0 aromatic carbocycles. The Bertz CT molecular complexity index is 393. The molecule has 0 atom stereocenters. The van der Waals surface area contributed by atoms with Gasteiger partial charge in [0.15, 0.2) is 5.69 Å². The van der Waals surface area contributed by atoms with Crippen molar-refractivity contribution in [3.8, 4) is 5.75 Å². The lowest BCUT2D eigenvalue weighted by Crippen LogP contribution is -2.10. The minimum Gasteiger partial charge on any atom is -0.495 e. The lowest BCUT2D eigenvalue weighted by molar-refractivity contribution is -0.141. The second-order valence-electron chi connectivity index (χ2n) is 2.71. The van der Waals surface area contributed by atoms with Gasteiger partial charge in [-0.05, 0) is 0 Å². The van der Waals surface area contributed by atoms with Gasteiger partial charge in [-0.2, -0.15) is 13.2 Å². The standard InChI is InChI=1S/C8H5ClF5NO/c1-16-5-3(7(10)11)2-15-6(4(5)9)8(12,13)14/h2,7H,1H3. The minimum absolute atomic E-state index is 0.401. The van der Waals surface area contributed by atoms with Crippen LogP contribution >= 0.6 is 11.6 Å². The molecule has 0 N–H and O–H groups in total. The third kappa shape index (κ3) is 2.34. The number of methoxy groups -OCH3 is 1. The average Bonchev–Trinajstić information content (AvgIpc) is 2.14. The number of hydrogen-bond donors (Lipinski definition) is 0. The fourth-order valence-corrected chi connectivity index (χ4v) is 1.39. The van der Waals surface area contributed by atoms with Gasteiger partial charge in [0, 0.05) is 6.20 Å². The highest BCUT2D eigenvalue weighted by molar-refractivity contribution is 6.32. The van der Waals surface area contributed by atoms with Crippen molar-refractivity contribution >= 4 is 11.6 Å². The monoisotopic (exact) mass is 261 g/mol. The lowest BCUT2D eigenvalue weighted by atomic mass is 10.2. The van der Waals surface area contributed by atoms with Gasteiger partial charge in [-0.3, -0.25) is 0 Å². The highest BCUT2D eigenvalue weighted by atomic mass is 35.5. The van der Waals surface area contributed by atoms with Crippen LogP contribution in [0.15, 0.2) is 6.20 Å². The van der Waals surface area contributed by atoms with E-state index in [2.05, 4.69) is 9.72 Å². The van der Waals surface area contributed by atoms with Crippen molar-refractivity contribution in [2.45, 2.75) is 12.6 Å². The highest BCUT2D eigenvalue weighted by Gasteiger charge is 2.37. The number of aromatic nitrogens is 1. The minimum atomic E-state index is -4.81. The molecular formula is C8H5ClF5NO. The molecule has 0 radical (unpaired) electrons. The molecule has 0 saturated heterocycles. The molecule has 16 heavy (non-hydrogen) atoms. The molecule has 1 heterocycles. The topological polar surface area (TPSA) is 22.1 Å². The van der Waals surface area contributed by atoms with Crippen LogP contribution < -0.4 is 4.74 Å². The Morgan fingerprint density at radius 3 is 2.31 bits per heavy atom. The van der Waals surface area contributed by atoms with Gasteiger partial charge in [-0.15, -0.1) is 0 Å². The fourth-order valence-electron chi connectivity index (χ4n) is 1.04. The quantitative estimate of drug-likeness (QED) is 0.757. The summed E-state index contributed by atoms with van der Waals surface area (Å²) in [6.45, 7) is 0. The molecule has 0 fully saturated rings. The normalized spacial score (nSPS) is 12.0. The first-order valence-corrected chi connectivity index (χ1v) is 4.24. The van der Waals surface area contributed by atoms with Crippen LogP contribution in [0.4, 0.5) is 22.0 Å². The van der Waals surface area contributed by atoms with E-state index >= 15 is 0 Å². The van der Waals surface area contributed by atoms with Crippen molar-refractivity contribution in [3.05, 3.63) is 22.5 Å². The molecule has 0 amide bonds. The summed E-state index contributed by atoms with van der Waals surface area (Å²) in [5, 5.41) is -0.965. The van der Waals surface area contributed by atoms with Crippen molar-refractivity contribution < 1.29 is 26.7 Å². The van der Waals surface area contributed by atoms with Crippen molar-refractivity contribution in [2.75, 3.05) is 7.11 Å². The maximum absolute atomic E-state index is 12.4. The van der Waals surface area contributed by atoms with E-state index in [0.717, 1.165) is 7.11 Å². The number of alkyl halides is 5. The molecular weight excluding hydrogens is 257 g/mol. The smallest absolute Gasteiger partial charge is 0.434 e. The van der Waals surface area contributed by atoms with E-state index in [1.54, 1.807) is 0 Å². The van der Waals surface area contributed by atoms with Gasteiger partial charge in [-0.1, -0.05) is 11.6 Å². The van der Waals surface area contributed by atoms with Gasteiger partial charge in [0.25, 0.3) is 6.43 Å². The summed E-state index contributed by atoms with van der Waals surface area (Å²) in [5.41, 5.74) is -2.23. The van der Waals surface area contributed by atoms with Crippen molar-refractivity contribution in [2.24, 2.45) is 0 Å². The average molecular weight is 262 g/mol. The molecule has 1 aromatic heterocycles. The fraction of sp³-hybridized carbons (Fsp3) is 0.375. The summed E-state index contributed by atoms with van der Waals surface area (Å²) in [4.78, 5) is 2.86. The molecule has 90 valence electrons. The molecule has 1 rings (SSSR count). The summed E-state index contributed by atoms with van der Waals surface area (Å²) in [5.74, 6) is -0.709. The molecule has 2 nitrogen and oxygen atoms in total. The zero-order valence-electron chi connectivity index (χ0n) is 7.78. The predicted molar refractivity (Wildman–Crippen MR) is 45.8 cm³/mol. The van der Waals surface area contributed by atoms with Gasteiger partial charge < -0.3 is 4.74 Å². The van der Waals surface area contributed by atoms with Crippen LogP contribution in [0.2, 0.25) is 5.02 Å². The van der Waals surface area contributed by atoms with E-state index in [0.29, 0.717) is 6.20 Å². The largest absolute Gasteiger partial charge is 0.495 e. The Morgan fingerprint density at radius 1 is 1.38 bits per heavy atom. The maximum Gasteiger partial charge on any atom is 0.434 e. The third-order valence-corrected chi connectivity index (χ3v) is 2.06. The van der Waals surface area contributed by atoms with Crippen LogP contribution in [0.5, 0.6) is 5.75 Å². The second kappa shape index (κ2) is 4.40. The van der Waals surface area contributed by atoms with E-state index in [1.165, 1.54) is 0 Å². The van der Waals surface area contributed by atoms with E-state index in [9.17, 15) is 22.0 Å². The molecule has 0 unspecified atom stereocenters. The van der Waals surface area contributed by atoms with Crippen LogP contribution in [0.3, 0.4) is 0 Å². The first-order chi connectivity index (χ1) is 7.29. The van der Waals surface area contributed by atoms with E-state index in [1.807, 2.05) is 0 Å². The van der Waals surface area contributed by atoms with Crippen molar-refractivity contribution in [1.29, 1.82) is 0 Å². The van der Waals surface area contributed by atoms with Crippen LogP contribution in [0.25, 0.3) is 0 Å². The lowest BCUT2D eigenvalue weighted by Gasteiger charge is -2.13. The molecule has 0 aliphatic carbocycles. The number of rotatable bonds is 2. The number of nitrogens with zero attached hydrogens (tertiary/aromatic N) is 1. The molecule has 0 aliphatic heterocycles. The SMILES string of the molecule is COc1c(C(F)F)cnc(C(F)(F)F)c1Cl. The van der Waals surface area contributed by atoms with Crippen molar-refractivity contribution in [1.82, 2.24) is 4.98 Å². The molecule has 8 heteroatoms. The summed E-state index contributed by atoms with van der Waals surface area (Å²) in [6, 6.07) is 0. The zero-order chi connectivity index (χ0) is 12.5. The number of hydrogen-bond acceptors (Lipinski definition) is 2. The Hall–Kier alpha value is -1.11. The summed E-state index contributed by atoms with van der Waals surface area (Å²) in [7, 11) is 0.952. The number of ether oxygens (including phenoxy) is 1. The number of pyridine rings is 1. The highest BCUT2D eigenvalue weighted by Crippen LogP contribution is 2.41. The van der Waals surface area contributed by atoms with E-state index < -0.39 is 34.6 Å². The van der Waals surface area contributed by atoms with Gasteiger partial charge >= 0.3 is 6.18 Å². The van der Waals surface area contributed by atoms with Crippen LogP contribution in [0, 0.1) is 0 Å². The maximum atomic E-state index is 12.4. The zero-order valence-corrected chi connectivity index (χ0v) is 8.53. The third-order valence-electron chi connectivity index (χ3n) is 1.71. The molecule has 0 saturated carbocycles. The first-order valence-electron chi connectivity index (χ1n) is 3.86. The van der Waals surface area contributed by atoms with Gasteiger partial charge in [0.2, 0.25) is 0 Å². The second-order valence-corrected chi connectivity index (χ2v) is 3.09. The Labute approximate surface area is 92.0 Å². The summed E-state index contributed by atoms with van der Waals surface area (Å²) < 4.78 is 66.1. The molecule has 0 spiro atoms. The summed E-state index contributed by atoms with van der Waals surface area (Å²) >= 11 is 5.30. The first kappa shape index (κ1) is 13.0. The van der Waals surface area contributed by atoms with Crippen LogP contribution in [-0.4, -0.2) is 12.1 Å². The Kier molecular flexibility index (Phi) is 3.57. The molecule has 1 aromatic rings. The van der Waals surface area contributed by atoms with Gasteiger partial charge in [0.05, 0.1) is 12.7 Å². The van der Waals surface area contributed by atoms with Crippen LogP contribution in [0.1, 0.15) is 17.7 Å². The van der Waals surface area contributed by atoms with E-state index in [4.69, 9.17) is 11.6 Å².